The van der Waals surface area contributed by atoms with Crippen LogP contribution in [0, 0.1) is 0 Å². The Morgan fingerprint density at radius 3 is 2.37 bits per heavy atom. The van der Waals surface area contributed by atoms with Crippen molar-refractivity contribution in [2.24, 2.45) is 0 Å². The summed E-state index contributed by atoms with van der Waals surface area (Å²) in [5.74, 6) is 0. The molecule has 160 valence electrons. The topological polar surface area (TPSA) is 103 Å². The van der Waals surface area contributed by atoms with Gasteiger partial charge < -0.3 is 30.7 Å². The SMILES string of the molecule is O=C(NCC1CCCO1)Nc1ccc(NC(=O)N(CCO)Cc2ccccc2)cc1. The highest BCUT2D eigenvalue weighted by atomic mass is 16.5. The summed E-state index contributed by atoms with van der Waals surface area (Å²) in [6.07, 6.45) is 2.08. The summed E-state index contributed by atoms with van der Waals surface area (Å²) in [6, 6.07) is 15.9. The van der Waals surface area contributed by atoms with Gasteiger partial charge in [-0.1, -0.05) is 30.3 Å². The smallest absolute Gasteiger partial charge is 0.322 e. The van der Waals surface area contributed by atoms with E-state index in [1.807, 2.05) is 30.3 Å². The molecule has 1 fully saturated rings. The number of amides is 4. The number of benzene rings is 2. The fourth-order valence-corrected chi connectivity index (χ4v) is 3.20. The van der Waals surface area contributed by atoms with Gasteiger partial charge in [-0.15, -0.1) is 0 Å². The third kappa shape index (κ3) is 6.75. The van der Waals surface area contributed by atoms with E-state index in [4.69, 9.17) is 4.74 Å². The predicted octanol–water partition coefficient (Wildman–Crippen LogP) is 3.01. The van der Waals surface area contributed by atoms with Crippen LogP contribution in [0.5, 0.6) is 0 Å². The van der Waals surface area contributed by atoms with E-state index in [9.17, 15) is 14.7 Å². The van der Waals surface area contributed by atoms with Gasteiger partial charge in [0.05, 0.1) is 12.7 Å². The van der Waals surface area contributed by atoms with Gasteiger partial charge in [-0.2, -0.15) is 0 Å². The highest BCUT2D eigenvalue weighted by Crippen LogP contribution is 2.15. The van der Waals surface area contributed by atoms with Crippen molar-refractivity contribution in [3.8, 4) is 0 Å². The molecule has 1 saturated heterocycles. The van der Waals surface area contributed by atoms with Crippen molar-refractivity contribution in [1.82, 2.24) is 10.2 Å². The normalized spacial score (nSPS) is 15.4. The minimum atomic E-state index is -0.303. The molecule has 2 aromatic rings. The number of urea groups is 2. The van der Waals surface area contributed by atoms with Gasteiger partial charge in [0.1, 0.15) is 0 Å². The summed E-state index contributed by atoms with van der Waals surface area (Å²) >= 11 is 0. The first-order valence-electron chi connectivity index (χ1n) is 10.1. The Hall–Kier alpha value is -3.10. The summed E-state index contributed by atoms with van der Waals surface area (Å²) in [6.45, 7) is 1.75. The number of anilines is 2. The maximum absolute atomic E-state index is 12.6. The van der Waals surface area contributed by atoms with Gasteiger partial charge in [0.25, 0.3) is 0 Å². The molecule has 4 amide bonds. The number of hydrogen-bond acceptors (Lipinski definition) is 4. The average molecular weight is 412 g/mol. The van der Waals surface area contributed by atoms with Crippen LogP contribution in [0.3, 0.4) is 0 Å². The van der Waals surface area contributed by atoms with E-state index in [1.54, 1.807) is 29.2 Å². The molecule has 3 rings (SSSR count). The molecule has 0 saturated carbocycles. The molecule has 0 radical (unpaired) electrons. The fraction of sp³-hybridized carbons (Fsp3) is 0.364. The lowest BCUT2D eigenvalue weighted by molar-refractivity contribution is 0.112. The maximum atomic E-state index is 12.6. The molecule has 0 spiro atoms. The molecule has 1 heterocycles. The Balaban J connectivity index is 1.49. The molecular formula is C22H28N4O4. The predicted molar refractivity (Wildman–Crippen MR) is 115 cm³/mol. The first-order chi connectivity index (χ1) is 14.6. The van der Waals surface area contributed by atoms with Crippen LogP contribution < -0.4 is 16.0 Å². The van der Waals surface area contributed by atoms with Crippen LogP contribution in [0.1, 0.15) is 18.4 Å². The van der Waals surface area contributed by atoms with E-state index in [0.29, 0.717) is 24.5 Å². The van der Waals surface area contributed by atoms with Crippen molar-refractivity contribution in [3.63, 3.8) is 0 Å². The number of hydrogen-bond donors (Lipinski definition) is 4. The quantitative estimate of drug-likeness (QED) is 0.535. The first kappa shape index (κ1) is 21.6. The van der Waals surface area contributed by atoms with Crippen LogP contribution >= 0.6 is 0 Å². The molecule has 0 aliphatic carbocycles. The second kappa shape index (κ2) is 11.2. The van der Waals surface area contributed by atoms with Crippen LogP contribution in [0.2, 0.25) is 0 Å². The van der Waals surface area contributed by atoms with Gasteiger partial charge in [-0.05, 0) is 42.7 Å². The molecule has 8 nitrogen and oxygen atoms in total. The summed E-state index contributed by atoms with van der Waals surface area (Å²) in [7, 11) is 0. The summed E-state index contributed by atoms with van der Waals surface area (Å²) in [4.78, 5) is 26.1. The van der Waals surface area contributed by atoms with Crippen LogP contribution in [-0.2, 0) is 11.3 Å². The number of aliphatic hydroxyl groups excluding tert-OH is 1. The van der Waals surface area contributed by atoms with Crippen molar-refractivity contribution in [1.29, 1.82) is 0 Å². The van der Waals surface area contributed by atoms with Crippen molar-refractivity contribution in [2.75, 3.05) is 36.9 Å². The second-order valence-corrected chi connectivity index (χ2v) is 7.11. The number of nitrogens with zero attached hydrogens (tertiary/aromatic N) is 1. The number of ether oxygens (including phenoxy) is 1. The zero-order chi connectivity index (χ0) is 21.2. The molecular weight excluding hydrogens is 384 g/mol. The van der Waals surface area contributed by atoms with E-state index in [0.717, 1.165) is 25.0 Å². The molecule has 0 aromatic heterocycles. The Morgan fingerprint density at radius 1 is 1.03 bits per heavy atom. The summed E-state index contributed by atoms with van der Waals surface area (Å²) < 4.78 is 5.48. The Morgan fingerprint density at radius 2 is 1.73 bits per heavy atom. The molecule has 8 heteroatoms. The number of carbonyl (C=O) groups is 2. The molecule has 0 bridgehead atoms. The lowest BCUT2D eigenvalue weighted by Gasteiger charge is -2.22. The minimum Gasteiger partial charge on any atom is -0.395 e. The maximum Gasteiger partial charge on any atom is 0.322 e. The molecule has 1 aliphatic rings. The van der Waals surface area contributed by atoms with Gasteiger partial charge in [0.2, 0.25) is 0 Å². The molecule has 4 N–H and O–H groups in total. The molecule has 1 atom stereocenters. The van der Waals surface area contributed by atoms with Crippen LogP contribution in [0.15, 0.2) is 54.6 Å². The molecule has 2 aromatic carbocycles. The standard InChI is InChI=1S/C22H28N4O4/c27-13-12-26(16-17-5-2-1-3-6-17)22(29)25-19-10-8-18(9-11-19)24-21(28)23-15-20-7-4-14-30-20/h1-3,5-6,8-11,20,27H,4,7,12-16H2,(H,25,29)(H2,23,24,28). The Labute approximate surface area is 176 Å². The molecule has 30 heavy (non-hydrogen) atoms. The van der Waals surface area contributed by atoms with E-state index in [1.165, 1.54) is 0 Å². The largest absolute Gasteiger partial charge is 0.395 e. The van der Waals surface area contributed by atoms with Crippen molar-refractivity contribution < 1.29 is 19.4 Å². The van der Waals surface area contributed by atoms with Crippen LogP contribution in [0.4, 0.5) is 21.0 Å². The van der Waals surface area contributed by atoms with E-state index in [-0.39, 0.29) is 31.3 Å². The third-order valence-electron chi connectivity index (χ3n) is 4.78. The van der Waals surface area contributed by atoms with Crippen molar-refractivity contribution in [3.05, 3.63) is 60.2 Å². The van der Waals surface area contributed by atoms with Gasteiger partial charge >= 0.3 is 12.1 Å². The van der Waals surface area contributed by atoms with Gasteiger partial charge in [-0.25, -0.2) is 9.59 Å². The highest BCUT2D eigenvalue weighted by molar-refractivity contribution is 5.91. The van der Waals surface area contributed by atoms with Crippen LogP contribution in [0.25, 0.3) is 0 Å². The van der Waals surface area contributed by atoms with Gasteiger partial charge in [-0.3, -0.25) is 0 Å². The van der Waals surface area contributed by atoms with Crippen molar-refractivity contribution in [2.45, 2.75) is 25.5 Å². The number of carbonyl (C=O) groups excluding carboxylic acids is 2. The summed E-state index contributed by atoms with van der Waals surface area (Å²) in [5, 5.41) is 17.7. The Bertz CT molecular complexity index is 808. The van der Waals surface area contributed by atoms with E-state index < -0.39 is 0 Å². The molecule has 1 unspecified atom stereocenters. The fourth-order valence-electron chi connectivity index (χ4n) is 3.20. The highest BCUT2D eigenvalue weighted by Gasteiger charge is 2.16. The first-order valence-corrected chi connectivity index (χ1v) is 10.1. The lowest BCUT2D eigenvalue weighted by Crippen LogP contribution is -2.36. The lowest BCUT2D eigenvalue weighted by atomic mass is 10.2. The van der Waals surface area contributed by atoms with Crippen LogP contribution in [-0.4, -0.2) is 54.5 Å². The van der Waals surface area contributed by atoms with E-state index in [2.05, 4.69) is 16.0 Å². The average Bonchev–Trinajstić information content (AvgIpc) is 3.28. The van der Waals surface area contributed by atoms with Gasteiger partial charge in [0.15, 0.2) is 0 Å². The Kier molecular flexibility index (Phi) is 8.05. The van der Waals surface area contributed by atoms with E-state index >= 15 is 0 Å². The second-order valence-electron chi connectivity index (χ2n) is 7.11. The monoisotopic (exact) mass is 412 g/mol. The number of rotatable bonds is 8. The zero-order valence-corrected chi connectivity index (χ0v) is 16.8. The number of aliphatic hydroxyl groups is 1. The summed E-state index contributed by atoms with van der Waals surface area (Å²) in [5.41, 5.74) is 2.20. The number of nitrogens with one attached hydrogen (secondary N) is 3. The third-order valence-corrected chi connectivity index (χ3v) is 4.78. The van der Waals surface area contributed by atoms with Crippen molar-refractivity contribution >= 4 is 23.4 Å². The van der Waals surface area contributed by atoms with Gasteiger partial charge in [0, 0.05) is 37.6 Å². The zero-order valence-electron chi connectivity index (χ0n) is 16.8. The molecule has 1 aliphatic heterocycles. The minimum absolute atomic E-state index is 0.0890.